The van der Waals surface area contributed by atoms with Crippen LogP contribution in [0.3, 0.4) is 0 Å². The van der Waals surface area contributed by atoms with Gasteiger partial charge in [0, 0.05) is 19.5 Å². The van der Waals surface area contributed by atoms with Crippen molar-refractivity contribution in [1.29, 1.82) is 0 Å². The molecule has 0 saturated carbocycles. The lowest BCUT2D eigenvalue weighted by atomic mass is 9.87. The second kappa shape index (κ2) is 5.10. The molecule has 0 unspecified atom stereocenters. The van der Waals surface area contributed by atoms with Gasteiger partial charge < -0.3 is 4.90 Å². The lowest BCUT2D eigenvalue weighted by molar-refractivity contribution is 0.0697. The highest BCUT2D eigenvalue weighted by Crippen LogP contribution is 2.31. The average molecular weight is 278 g/mol. The third kappa shape index (κ3) is 2.98. The van der Waals surface area contributed by atoms with Gasteiger partial charge in [0.15, 0.2) is 11.6 Å². The Morgan fingerprint density at radius 3 is 2.44 bits per heavy atom. The van der Waals surface area contributed by atoms with Gasteiger partial charge in [-0.05, 0) is 37.6 Å². The zero-order valence-corrected chi connectivity index (χ0v) is 10.9. The Bertz CT molecular complexity index is 419. The van der Waals surface area contributed by atoms with Crippen LogP contribution < -0.4 is 0 Å². The lowest BCUT2D eigenvalue weighted by Crippen LogP contribution is -2.41. The number of piperidine rings is 1. The molecule has 0 radical (unpaired) electrons. The minimum absolute atomic E-state index is 0.0811. The third-order valence-electron chi connectivity index (χ3n) is 3.45. The summed E-state index contributed by atoms with van der Waals surface area (Å²) in [6.07, 6.45) is 0.887. The molecule has 1 aliphatic rings. The van der Waals surface area contributed by atoms with Crippen molar-refractivity contribution in [3.63, 3.8) is 0 Å². The molecule has 1 saturated heterocycles. The molecular weight excluding hydrogens is 263 g/mol. The van der Waals surface area contributed by atoms with Crippen molar-refractivity contribution >= 4 is 11.6 Å². The number of likely N-dealkylation sites (tertiary alicyclic amines) is 1. The van der Waals surface area contributed by atoms with Gasteiger partial charge in [-0.2, -0.15) is 0 Å². The Morgan fingerprint density at radius 2 is 1.89 bits per heavy atom. The summed E-state index contributed by atoms with van der Waals surface area (Å²) in [5.41, 5.74) is -0.939. The molecule has 5 heteroatoms. The van der Waals surface area contributed by atoms with Crippen LogP contribution in [0.5, 0.6) is 0 Å². The highest BCUT2D eigenvalue weighted by atomic mass is 35.5. The summed E-state index contributed by atoms with van der Waals surface area (Å²) in [6, 6.07) is 2.33. The van der Waals surface area contributed by atoms with Crippen LogP contribution in [0.25, 0.3) is 0 Å². The Morgan fingerprint density at radius 1 is 1.28 bits per heavy atom. The van der Waals surface area contributed by atoms with E-state index in [1.807, 2.05) is 7.05 Å². The fraction of sp³-hybridized carbons (Fsp3) is 0.538. The van der Waals surface area contributed by atoms with Gasteiger partial charge in [-0.1, -0.05) is 11.6 Å². The van der Waals surface area contributed by atoms with Gasteiger partial charge in [0.2, 0.25) is 0 Å². The summed E-state index contributed by atoms with van der Waals surface area (Å²) >= 11 is 5.56. The van der Waals surface area contributed by atoms with Crippen LogP contribution in [-0.2, 0) is 6.42 Å². The van der Waals surface area contributed by atoms with Gasteiger partial charge in [0.05, 0.1) is 5.02 Å². The first-order chi connectivity index (χ1) is 8.39. The molecule has 1 fully saturated rings. The molecule has 1 nitrogen and oxygen atoms in total. The summed E-state index contributed by atoms with van der Waals surface area (Å²) in [6.45, 7) is 1.35. The van der Waals surface area contributed by atoms with E-state index < -0.39 is 17.3 Å². The molecule has 2 rings (SSSR count). The second-order valence-electron chi connectivity index (χ2n) is 5.00. The minimum atomic E-state index is -1.35. The Hall–Kier alpha value is -0.740. The fourth-order valence-electron chi connectivity index (χ4n) is 2.27. The molecule has 0 N–H and O–H groups in total. The number of benzene rings is 1. The maximum Gasteiger partial charge on any atom is 0.177 e. The zero-order chi connectivity index (χ0) is 13.3. The predicted molar refractivity (Wildman–Crippen MR) is 65.6 cm³/mol. The molecule has 1 heterocycles. The average Bonchev–Trinajstić information content (AvgIpc) is 2.30. The molecule has 1 aliphatic heterocycles. The highest BCUT2D eigenvalue weighted by molar-refractivity contribution is 6.30. The normalized spacial score (nSPS) is 20.1. The van der Waals surface area contributed by atoms with Crippen LogP contribution in [0.15, 0.2) is 12.1 Å². The molecular formula is C13H15ClF3N. The summed E-state index contributed by atoms with van der Waals surface area (Å²) < 4.78 is 40.7. The molecule has 1 aromatic rings. The van der Waals surface area contributed by atoms with E-state index in [0.717, 1.165) is 6.07 Å². The highest BCUT2D eigenvalue weighted by Gasteiger charge is 2.33. The number of rotatable bonds is 2. The van der Waals surface area contributed by atoms with Gasteiger partial charge in [-0.15, -0.1) is 0 Å². The van der Waals surface area contributed by atoms with E-state index in [-0.39, 0.29) is 11.4 Å². The van der Waals surface area contributed by atoms with Gasteiger partial charge in [-0.3, -0.25) is 0 Å². The molecule has 18 heavy (non-hydrogen) atoms. The van der Waals surface area contributed by atoms with Gasteiger partial charge in [0.1, 0.15) is 5.67 Å². The Balaban J connectivity index is 2.14. The van der Waals surface area contributed by atoms with Crippen molar-refractivity contribution in [1.82, 2.24) is 4.90 Å². The molecule has 100 valence electrons. The van der Waals surface area contributed by atoms with E-state index in [9.17, 15) is 13.2 Å². The van der Waals surface area contributed by atoms with Crippen LogP contribution in [0, 0.1) is 11.6 Å². The number of halogens is 4. The topological polar surface area (TPSA) is 3.24 Å². The molecule has 0 bridgehead atoms. The van der Waals surface area contributed by atoms with Crippen molar-refractivity contribution < 1.29 is 13.2 Å². The van der Waals surface area contributed by atoms with Crippen LogP contribution in [0.1, 0.15) is 18.4 Å². The first-order valence-corrected chi connectivity index (χ1v) is 6.28. The second-order valence-corrected chi connectivity index (χ2v) is 5.41. The van der Waals surface area contributed by atoms with Crippen molar-refractivity contribution in [2.75, 3.05) is 20.1 Å². The van der Waals surface area contributed by atoms with Crippen molar-refractivity contribution in [2.45, 2.75) is 24.9 Å². The van der Waals surface area contributed by atoms with E-state index in [1.165, 1.54) is 6.07 Å². The smallest absolute Gasteiger partial charge is 0.177 e. The monoisotopic (exact) mass is 277 g/mol. The molecule has 0 amide bonds. The molecule has 0 atom stereocenters. The van der Waals surface area contributed by atoms with Crippen molar-refractivity contribution in [3.8, 4) is 0 Å². The lowest BCUT2D eigenvalue weighted by Gasteiger charge is -2.34. The zero-order valence-electron chi connectivity index (χ0n) is 10.1. The maximum absolute atomic E-state index is 14.5. The minimum Gasteiger partial charge on any atom is -0.306 e. The largest absolute Gasteiger partial charge is 0.306 e. The number of hydrogen-bond donors (Lipinski definition) is 0. The van der Waals surface area contributed by atoms with Gasteiger partial charge in [-0.25, -0.2) is 13.2 Å². The summed E-state index contributed by atoms with van der Waals surface area (Å²) in [5, 5.41) is -0.290. The van der Waals surface area contributed by atoms with Crippen LogP contribution in [-0.4, -0.2) is 30.7 Å². The quantitative estimate of drug-likeness (QED) is 0.747. The van der Waals surface area contributed by atoms with Crippen molar-refractivity contribution in [3.05, 3.63) is 34.4 Å². The van der Waals surface area contributed by atoms with Crippen LogP contribution in [0.4, 0.5) is 13.2 Å². The van der Waals surface area contributed by atoms with E-state index >= 15 is 0 Å². The molecule has 0 aliphatic carbocycles. The standard InChI is InChI=1S/C13H15ClF3N/c1-18-4-2-13(17,3-5-18)8-9-6-10(14)12(16)11(15)7-9/h6-7H,2-5,8H2,1H3. The SMILES string of the molecule is CN1CCC(F)(Cc2cc(F)c(F)c(Cl)c2)CC1. The van der Waals surface area contributed by atoms with Gasteiger partial charge in [0.25, 0.3) is 0 Å². The third-order valence-corrected chi connectivity index (χ3v) is 3.72. The number of nitrogens with zero attached hydrogens (tertiary/aromatic N) is 1. The molecule has 0 spiro atoms. The fourth-order valence-corrected chi connectivity index (χ4v) is 2.50. The first kappa shape index (κ1) is 13.7. The van der Waals surface area contributed by atoms with Crippen LogP contribution >= 0.6 is 11.6 Å². The number of hydrogen-bond acceptors (Lipinski definition) is 1. The maximum atomic E-state index is 14.5. The van der Waals surface area contributed by atoms with Gasteiger partial charge >= 0.3 is 0 Å². The van der Waals surface area contributed by atoms with Crippen LogP contribution in [0.2, 0.25) is 5.02 Å². The van der Waals surface area contributed by atoms with E-state index in [0.29, 0.717) is 31.5 Å². The molecule has 0 aromatic heterocycles. The van der Waals surface area contributed by atoms with E-state index in [2.05, 4.69) is 4.90 Å². The first-order valence-electron chi connectivity index (χ1n) is 5.90. The molecule has 1 aromatic carbocycles. The van der Waals surface area contributed by atoms with E-state index in [1.54, 1.807) is 0 Å². The summed E-state index contributed by atoms with van der Waals surface area (Å²) in [7, 11) is 1.94. The summed E-state index contributed by atoms with van der Waals surface area (Å²) in [5.74, 6) is -2.09. The van der Waals surface area contributed by atoms with Crippen molar-refractivity contribution in [2.24, 2.45) is 0 Å². The number of alkyl halides is 1. The summed E-state index contributed by atoms with van der Waals surface area (Å²) in [4.78, 5) is 2.05. The predicted octanol–water partition coefficient (Wildman–Crippen LogP) is 3.59. The van der Waals surface area contributed by atoms with E-state index in [4.69, 9.17) is 11.6 Å². The Kier molecular flexibility index (Phi) is 3.87. The Labute approximate surface area is 110 Å².